The Hall–Kier alpha value is -1.62. The number of piperazine rings is 1. The molecule has 1 aromatic rings. The van der Waals surface area contributed by atoms with Gasteiger partial charge in [0.05, 0.1) is 5.92 Å². The number of anilines is 1. The van der Waals surface area contributed by atoms with Gasteiger partial charge in [0, 0.05) is 38.9 Å². The van der Waals surface area contributed by atoms with Crippen molar-refractivity contribution in [2.75, 3.05) is 37.6 Å². The first-order valence-electron chi connectivity index (χ1n) is 6.28. The molecule has 1 saturated heterocycles. The van der Waals surface area contributed by atoms with Crippen LogP contribution in [-0.2, 0) is 4.79 Å². The van der Waals surface area contributed by atoms with Crippen LogP contribution in [0.3, 0.4) is 0 Å². The molecule has 1 N–H and O–H groups in total. The minimum Gasteiger partial charge on any atom is -0.481 e. The minimum absolute atomic E-state index is 0.300. The maximum Gasteiger partial charge on any atom is 0.307 e. The molecular weight excluding hydrogens is 230 g/mol. The zero-order valence-electron chi connectivity index (χ0n) is 10.6. The molecule has 1 fully saturated rings. The maximum atomic E-state index is 10.8. The van der Waals surface area contributed by atoms with E-state index in [1.54, 1.807) is 13.1 Å². The molecule has 0 aromatic carbocycles. The third-order valence-electron chi connectivity index (χ3n) is 3.30. The highest BCUT2D eigenvalue weighted by Gasteiger charge is 2.21. The summed E-state index contributed by atoms with van der Waals surface area (Å²) in [6.45, 7) is 5.99. The summed E-state index contributed by atoms with van der Waals surface area (Å²) in [5.74, 6) is -0.0167. The molecule has 2 heterocycles. The molecule has 0 radical (unpaired) electrons. The van der Waals surface area contributed by atoms with Gasteiger partial charge in [0.2, 0.25) is 0 Å². The fourth-order valence-electron chi connectivity index (χ4n) is 2.17. The van der Waals surface area contributed by atoms with Crippen LogP contribution in [0.15, 0.2) is 24.4 Å². The van der Waals surface area contributed by atoms with Crippen LogP contribution in [-0.4, -0.2) is 53.7 Å². The molecular formula is C13H19N3O2. The average molecular weight is 249 g/mol. The van der Waals surface area contributed by atoms with Crippen molar-refractivity contribution in [3.8, 4) is 0 Å². The van der Waals surface area contributed by atoms with E-state index in [4.69, 9.17) is 5.11 Å². The van der Waals surface area contributed by atoms with Crippen LogP contribution in [0.25, 0.3) is 0 Å². The average Bonchev–Trinajstić information content (AvgIpc) is 2.40. The van der Waals surface area contributed by atoms with E-state index in [9.17, 15) is 4.79 Å². The number of carbonyl (C=O) groups is 1. The summed E-state index contributed by atoms with van der Waals surface area (Å²) >= 11 is 0. The molecule has 1 aliphatic heterocycles. The smallest absolute Gasteiger partial charge is 0.307 e. The van der Waals surface area contributed by atoms with Gasteiger partial charge in [-0.2, -0.15) is 0 Å². The fraction of sp³-hybridized carbons (Fsp3) is 0.538. The molecule has 1 unspecified atom stereocenters. The van der Waals surface area contributed by atoms with E-state index in [1.165, 1.54) is 0 Å². The van der Waals surface area contributed by atoms with E-state index >= 15 is 0 Å². The molecule has 2 rings (SSSR count). The molecule has 5 nitrogen and oxygen atoms in total. The number of aliphatic carboxylic acids is 1. The first kappa shape index (κ1) is 12.8. The van der Waals surface area contributed by atoms with Crippen LogP contribution in [0, 0.1) is 5.92 Å². The molecule has 0 saturated carbocycles. The molecule has 0 spiro atoms. The van der Waals surface area contributed by atoms with Crippen molar-refractivity contribution in [1.29, 1.82) is 0 Å². The number of carboxylic acids is 1. The van der Waals surface area contributed by atoms with Gasteiger partial charge in [-0.15, -0.1) is 0 Å². The molecule has 1 aromatic heterocycles. The first-order valence-corrected chi connectivity index (χ1v) is 6.28. The molecule has 98 valence electrons. The van der Waals surface area contributed by atoms with Gasteiger partial charge in [0.15, 0.2) is 0 Å². The Morgan fingerprint density at radius 3 is 2.67 bits per heavy atom. The lowest BCUT2D eigenvalue weighted by atomic mass is 10.1. The van der Waals surface area contributed by atoms with Crippen LogP contribution in [0.2, 0.25) is 0 Å². The van der Waals surface area contributed by atoms with E-state index in [0.29, 0.717) is 6.54 Å². The highest BCUT2D eigenvalue weighted by Crippen LogP contribution is 2.13. The number of nitrogens with zero attached hydrogens (tertiary/aromatic N) is 3. The number of hydrogen-bond donors (Lipinski definition) is 1. The quantitative estimate of drug-likeness (QED) is 0.860. The lowest BCUT2D eigenvalue weighted by molar-refractivity contribution is -0.141. The Balaban J connectivity index is 1.83. The van der Waals surface area contributed by atoms with E-state index in [2.05, 4.69) is 14.8 Å². The topological polar surface area (TPSA) is 56.7 Å². The van der Waals surface area contributed by atoms with Gasteiger partial charge in [-0.25, -0.2) is 4.98 Å². The summed E-state index contributed by atoms with van der Waals surface area (Å²) in [4.78, 5) is 19.6. The molecule has 0 bridgehead atoms. The molecule has 0 aliphatic carbocycles. The Morgan fingerprint density at radius 1 is 1.39 bits per heavy atom. The lowest BCUT2D eigenvalue weighted by Crippen LogP contribution is -2.48. The van der Waals surface area contributed by atoms with Gasteiger partial charge in [-0.1, -0.05) is 13.0 Å². The summed E-state index contributed by atoms with van der Waals surface area (Å²) in [7, 11) is 0. The predicted octanol–water partition coefficient (Wildman–Crippen LogP) is 0.924. The molecule has 0 amide bonds. The van der Waals surface area contributed by atoms with E-state index in [1.807, 2.05) is 18.2 Å². The number of hydrogen-bond acceptors (Lipinski definition) is 4. The van der Waals surface area contributed by atoms with Crippen molar-refractivity contribution in [3.63, 3.8) is 0 Å². The summed E-state index contributed by atoms with van der Waals surface area (Å²) in [6.07, 6.45) is 1.80. The van der Waals surface area contributed by atoms with Crippen LogP contribution in [0.5, 0.6) is 0 Å². The summed E-state index contributed by atoms with van der Waals surface area (Å²) < 4.78 is 0. The lowest BCUT2D eigenvalue weighted by Gasteiger charge is -2.36. The third kappa shape index (κ3) is 3.20. The van der Waals surface area contributed by atoms with Gasteiger partial charge in [-0.3, -0.25) is 9.69 Å². The second kappa shape index (κ2) is 5.82. The Kier molecular flexibility index (Phi) is 4.15. The van der Waals surface area contributed by atoms with Crippen molar-refractivity contribution < 1.29 is 9.90 Å². The normalized spacial score (nSPS) is 18.6. The number of rotatable bonds is 4. The standard InChI is InChI=1S/C13H19N3O2/c1-11(13(17)18)10-15-6-8-16(9-7-15)12-4-2-3-5-14-12/h2-5,11H,6-10H2,1H3,(H,17,18). The zero-order valence-corrected chi connectivity index (χ0v) is 10.6. The number of aromatic nitrogens is 1. The summed E-state index contributed by atoms with van der Waals surface area (Å²) in [5, 5.41) is 8.90. The Labute approximate surface area is 107 Å². The van der Waals surface area contributed by atoms with Crippen molar-refractivity contribution in [3.05, 3.63) is 24.4 Å². The third-order valence-corrected chi connectivity index (χ3v) is 3.30. The highest BCUT2D eigenvalue weighted by molar-refractivity contribution is 5.69. The fourth-order valence-corrected chi connectivity index (χ4v) is 2.17. The number of carboxylic acid groups (broad SMARTS) is 1. The second-order valence-corrected chi connectivity index (χ2v) is 4.71. The zero-order chi connectivity index (χ0) is 13.0. The maximum absolute atomic E-state index is 10.8. The minimum atomic E-state index is -0.720. The van der Waals surface area contributed by atoms with Gasteiger partial charge in [-0.05, 0) is 12.1 Å². The van der Waals surface area contributed by atoms with Crippen LogP contribution in [0.4, 0.5) is 5.82 Å². The van der Waals surface area contributed by atoms with E-state index in [-0.39, 0.29) is 5.92 Å². The molecule has 18 heavy (non-hydrogen) atoms. The molecule has 1 atom stereocenters. The molecule has 1 aliphatic rings. The summed E-state index contributed by atoms with van der Waals surface area (Å²) in [5.41, 5.74) is 0. The Morgan fingerprint density at radius 2 is 2.11 bits per heavy atom. The predicted molar refractivity (Wildman–Crippen MR) is 69.7 cm³/mol. The highest BCUT2D eigenvalue weighted by atomic mass is 16.4. The first-order chi connectivity index (χ1) is 8.66. The Bertz CT molecular complexity index is 388. The van der Waals surface area contributed by atoms with Crippen molar-refractivity contribution in [2.24, 2.45) is 5.92 Å². The van der Waals surface area contributed by atoms with E-state index < -0.39 is 5.97 Å². The van der Waals surface area contributed by atoms with Crippen molar-refractivity contribution in [1.82, 2.24) is 9.88 Å². The van der Waals surface area contributed by atoms with Gasteiger partial charge < -0.3 is 10.0 Å². The second-order valence-electron chi connectivity index (χ2n) is 4.71. The van der Waals surface area contributed by atoms with Crippen molar-refractivity contribution >= 4 is 11.8 Å². The van der Waals surface area contributed by atoms with Gasteiger partial charge in [0.1, 0.15) is 5.82 Å². The van der Waals surface area contributed by atoms with E-state index in [0.717, 1.165) is 32.0 Å². The largest absolute Gasteiger partial charge is 0.481 e. The SMILES string of the molecule is CC(CN1CCN(c2ccccn2)CC1)C(=O)O. The van der Waals surface area contributed by atoms with Gasteiger partial charge in [0.25, 0.3) is 0 Å². The summed E-state index contributed by atoms with van der Waals surface area (Å²) in [6, 6.07) is 5.91. The number of pyridine rings is 1. The van der Waals surface area contributed by atoms with Crippen LogP contribution < -0.4 is 4.90 Å². The van der Waals surface area contributed by atoms with Crippen LogP contribution in [0.1, 0.15) is 6.92 Å². The van der Waals surface area contributed by atoms with Gasteiger partial charge >= 0.3 is 5.97 Å². The molecule has 5 heteroatoms. The van der Waals surface area contributed by atoms with Crippen LogP contribution >= 0.6 is 0 Å². The monoisotopic (exact) mass is 249 g/mol. The van der Waals surface area contributed by atoms with Crippen molar-refractivity contribution in [2.45, 2.75) is 6.92 Å².